The van der Waals surface area contributed by atoms with Crippen LogP contribution >= 0.6 is 0 Å². The normalized spacial score (nSPS) is 16.5. The maximum Gasteiger partial charge on any atom is 0.338 e. The molecule has 0 bridgehead atoms. The molecule has 3 aromatic carbocycles. The number of hydrogen-bond donors (Lipinski definition) is 1. The molecule has 0 radical (unpaired) electrons. The zero-order valence-electron chi connectivity index (χ0n) is 22.6. The lowest BCUT2D eigenvalue weighted by Gasteiger charge is -2.26. The zero-order chi connectivity index (χ0) is 28.1. The molecule has 4 rings (SSSR count). The number of nitrogens with zero attached hydrogens (tertiary/aromatic N) is 1. The van der Waals surface area contributed by atoms with E-state index in [1.54, 1.807) is 48.5 Å². The van der Waals surface area contributed by atoms with Crippen molar-refractivity contribution >= 4 is 23.4 Å². The number of esters is 1. The van der Waals surface area contributed by atoms with Gasteiger partial charge in [-0.1, -0.05) is 48.9 Å². The molecule has 1 aliphatic heterocycles. The van der Waals surface area contributed by atoms with E-state index in [2.05, 4.69) is 0 Å². The Labute approximate surface area is 228 Å². The van der Waals surface area contributed by atoms with E-state index >= 15 is 0 Å². The van der Waals surface area contributed by atoms with Crippen molar-refractivity contribution in [3.8, 4) is 5.75 Å². The van der Waals surface area contributed by atoms with Crippen LogP contribution in [0.2, 0.25) is 0 Å². The van der Waals surface area contributed by atoms with Crippen molar-refractivity contribution in [2.45, 2.75) is 52.8 Å². The number of aryl methyl sites for hydroxylation is 1. The molecular weight excluding hydrogens is 494 g/mol. The molecular formula is C32H33NO6. The van der Waals surface area contributed by atoms with Gasteiger partial charge >= 0.3 is 5.97 Å². The first-order chi connectivity index (χ1) is 18.7. The molecule has 1 atom stereocenters. The molecule has 1 unspecified atom stereocenters. The van der Waals surface area contributed by atoms with E-state index in [-0.39, 0.29) is 24.0 Å². The van der Waals surface area contributed by atoms with Crippen molar-refractivity contribution in [3.05, 3.63) is 106 Å². The molecule has 7 heteroatoms. The average molecular weight is 528 g/mol. The van der Waals surface area contributed by atoms with E-state index < -0.39 is 23.7 Å². The summed E-state index contributed by atoms with van der Waals surface area (Å²) in [4.78, 5) is 40.3. The van der Waals surface area contributed by atoms with E-state index in [4.69, 9.17) is 9.47 Å². The van der Waals surface area contributed by atoms with E-state index in [0.717, 1.165) is 23.1 Å². The quantitative estimate of drug-likeness (QED) is 0.159. The first kappa shape index (κ1) is 27.6. The van der Waals surface area contributed by atoms with E-state index in [1.807, 2.05) is 52.0 Å². The first-order valence-electron chi connectivity index (χ1n) is 13.1. The van der Waals surface area contributed by atoms with Crippen LogP contribution in [-0.2, 0) is 20.9 Å². The van der Waals surface area contributed by atoms with Gasteiger partial charge in [0.2, 0.25) is 0 Å². The third kappa shape index (κ3) is 6.20. The maximum atomic E-state index is 13.4. The molecule has 3 aromatic rings. The summed E-state index contributed by atoms with van der Waals surface area (Å²) in [7, 11) is 0. The third-order valence-electron chi connectivity index (χ3n) is 6.38. The zero-order valence-corrected chi connectivity index (χ0v) is 22.6. The summed E-state index contributed by atoms with van der Waals surface area (Å²) in [6.45, 7) is 8.15. The monoisotopic (exact) mass is 527 g/mol. The average Bonchev–Trinajstić information content (AvgIpc) is 3.16. The molecule has 1 amide bonds. The summed E-state index contributed by atoms with van der Waals surface area (Å²) in [6, 6.07) is 20.3. The standard InChI is InChI=1S/C32H33NO6/c1-5-17-38-32(37)24-11-9-22(10-12-24)19-33-28(25-8-6-7-21(4)18-25)27(30(35)31(33)36)29(34)23-13-15-26(16-14-23)39-20(2)3/h6-16,18,20,28,34H,5,17,19H2,1-4H3/b29-27+. The highest BCUT2D eigenvalue weighted by Crippen LogP contribution is 2.40. The van der Waals surface area contributed by atoms with Gasteiger partial charge < -0.3 is 19.5 Å². The lowest BCUT2D eigenvalue weighted by atomic mass is 9.94. The summed E-state index contributed by atoms with van der Waals surface area (Å²) in [6.07, 6.45) is 0.723. The van der Waals surface area contributed by atoms with Gasteiger partial charge in [0.1, 0.15) is 11.5 Å². The highest BCUT2D eigenvalue weighted by molar-refractivity contribution is 6.46. The van der Waals surface area contributed by atoms with Gasteiger partial charge in [-0.2, -0.15) is 0 Å². The van der Waals surface area contributed by atoms with Crippen molar-refractivity contribution in [1.29, 1.82) is 0 Å². The number of carbonyl (C=O) groups is 3. The van der Waals surface area contributed by atoms with Gasteiger partial charge in [0.05, 0.1) is 29.9 Å². The minimum absolute atomic E-state index is 0.00727. The summed E-state index contributed by atoms with van der Waals surface area (Å²) >= 11 is 0. The molecule has 0 spiro atoms. The van der Waals surface area contributed by atoms with E-state index in [9.17, 15) is 19.5 Å². The van der Waals surface area contributed by atoms with Crippen molar-refractivity contribution in [3.63, 3.8) is 0 Å². The van der Waals surface area contributed by atoms with Crippen LogP contribution in [0.15, 0.2) is 78.4 Å². The van der Waals surface area contributed by atoms with Crippen LogP contribution in [0.1, 0.15) is 65.8 Å². The summed E-state index contributed by atoms with van der Waals surface area (Å²) in [5.41, 5.74) is 3.27. The topological polar surface area (TPSA) is 93.1 Å². The van der Waals surface area contributed by atoms with Crippen molar-refractivity contribution in [1.82, 2.24) is 4.90 Å². The Hall–Kier alpha value is -4.39. The maximum absolute atomic E-state index is 13.4. The van der Waals surface area contributed by atoms with Crippen LogP contribution in [-0.4, -0.2) is 40.4 Å². The molecule has 0 aliphatic carbocycles. The molecule has 202 valence electrons. The number of carbonyl (C=O) groups excluding carboxylic acids is 3. The second-order valence-corrected chi connectivity index (χ2v) is 9.86. The van der Waals surface area contributed by atoms with Gasteiger partial charge in [-0.05, 0) is 74.7 Å². The van der Waals surface area contributed by atoms with Crippen molar-refractivity contribution < 1.29 is 29.0 Å². The highest BCUT2D eigenvalue weighted by atomic mass is 16.5. The molecule has 0 aromatic heterocycles. The van der Waals surface area contributed by atoms with Gasteiger partial charge in [-0.15, -0.1) is 0 Å². The number of amides is 1. The summed E-state index contributed by atoms with van der Waals surface area (Å²) < 4.78 is 10.9. The van der Waals surface area contributed by atoms with E-state index in [0.29, 0.717) is 23.5 Å². The van der Waals surface area contributed by atoms with Crippen LogP contribution < -0.4 is 4.74 Å². The second kappa shape index (κ2) is 12.0. The van der Waals surface area contributed by atoms with Crippen molar-refractivity contribution in [2.24, 2.45) is 0 Å². The molecule has 0 saturated carbocycles. The molecule has 1 N–H and O–H groups in total. The van der Waals surface area contributed by atoms with Gasteiger partial charge in [-0.25, -0.2) is 4.79 Å². The van der Waals surface area contributed by atoms with Gasteiger partial charge in [0, 0.05) is 12.1 Å². The number of aliphatic hydroxyl groups is 1. The van der Waals surface area contributed by atoms with Gasteiger partial charge in [0.15, 0.2) is 0 Å². The smallest absolute Gasteiger partial charge is 0.338 e. The first-order valence-corrected chi connectivity index (χ1v) is 13.1. The number of Topliss-reactive ketones (excluding diaryl/α,β-unsaturated/α-hetero) is 1. The molecule has 1 fully saturated rings. The number of likely N-dealkylation sites (tertiary alicyclic amines) is 1. The highest BCUT2D eigenvalue weighted by Gasteiger charge is 2.46. The SMILES string of the molecule is CCCOC(=O)c1ccc(CN2C(=O)C(=O)/C(=C(/O)c3ccc(OC(C)C)cc3)C2c2cccc(C)c2)cc1. The van der Waals surface area contributed by atoms with Crippen molar-refractivity contribution in [2.75, 3.05) is 6.61 Å². The number of ether oxygens (including phenoxy) is 2. The van der Waals surface area contributed by atoms with E-state index in [1.165, 1.54) is 4.90 Å². The van der Waals surface area contributed by atoms with Gasteiger partial charge in [-0.3, -0.25) is 9.59 Å². The third-order valence-corrected chi connectivity index (χ3v) is 6.38. The molecule has 1 heterocycles. The minimum atomic E-state index is -0.786. The Bertz CT molecular complexity index is 1390. The Morgan fingerprint density at radius 2 is 1.64 bits per heavy atom. The Balaban J connectivity index is 1.71. The largest absolute Gasteiger partial charge is 0.507 e. The predicted molar refractivity (Wildman–Crippen MR) is 148 cm³/mol. The van der Waals surface area contributed by atoms with Crippen LogP contribution in [0.4, 0.5) is 0 Å². The molecule has 7 nitrogen and oxygen atoms in total. The van der Waals surface area contributed by atoms with Crippen LogP contribution in [0.25, 0.3) is 5.76 Å². The van der Waals surface area contributed by atoms with Crippen LogP contribution in [0.3, 0.4) is 0 Å². The Morgan fingerprint density at radius 1 is 0.974 bits per heavy atom. The fourth-order valence-corrected chi connectivity index (χ4v) is 4.57. The lowest BCUT2D eigenvalue weighted by Crippen LogP contribution is -2.29. The molecule has 39 heavy (non-hydrogen) atoms. The summed E-state index contributed by atoms with van der Waals surface area (Å²) in [5, 5.41) is 11.3. The number of hydrogen-bond acceptors (Lipinski definition) is 6. The Kier molecular flexibility index (Phi) is 8.49. The van der Waals surface area contributed by atoms with Crippen LogP contribution in [0, 0.1) is 6.92 Å². The van der Waals surface area contributed by atoms with Gasteiger partial charge in [0.25, 0.3) is 11.7 Å². The fraction of sp³-hybridized carbons (Fsp3) is 0.281. The Morgan fingerprint density at radius 3 is 2.26 bits per heavy atom. The predicted octanol–water partition coefficient (Wildman–Crippen LogP) is 5.97. The molecule has 1 saturated heterocycles. The summed E-state index contributed by atoms with van der Waals surface area (Å²) in [5.74, 6) is -1.46. The lowest BCUT2D eigenvalue weighted by molar-refractivity contribution is -0.140. The van der Waals surface area contributed by atoms with Crippen LogP contribution in [0.5, 0.6) is 5.75 Å². The fourth-order valence-electron chi connectivity index (χ4n) is 4.57. The number of ketones is 1. The number of aliphatic hydroxyl groups excluding tert-OH is 1. The molecule has 1 aliphatic rings. The number of benzene rings is 3. The second-order valence-electron chi connectivity index (χ2n) is 9.86. The number of rotatable bonds is 9. The minimum Gasteiger partial charge on any atom is -0.507 e.